The summed E-state index contributed by atoms with van der Waals surface area (Å²) >= 11 is 0. The second-order valence-corrected chi connectivity index (χ2v) is 7.04. The van der Waals surface area contributed by atoms with Gasteiger partial charge in [0.05, 0.1) is 0 Å². The first-order valence-electron chi connectivity index (χ1n) is 9.03. The van der Waals surface area contributed by atoms with Gasteiger partial charge in [0.25, 0.3) is 0 Å². The number of urea groups is 1. The van der Waals surface area contributed by atoms with Crippen molar-refractivity contribution < 1.29 is 4.79 Å². The fourth-order valence-electron chi connectivity index (χ4n) is 3.80. The molecule has 0 spiro atoms. The van der Waals surface area contributed by atoms with Crippen LogP contribution >= 0.6 is 0 Å². The van der Waals surface area contributed by atoms with Gasteiger partial charge in [-0.25, -0.2) is 9.78 Å². The van der Waals surface area contributed by atoms with Crippen LogP contribution in [0.1, 0.15) is 31.2 Å². The first-order chi connectivity index (χ1) is 11.6. The Morgan fingerprint density at radius 1 is 1.29 bits per heavy atom. The third-order valence-corrected chi connectivity index (χ3v) is 5.03. The second kappa shape index (κ2) is 7.83. The molecule has 0 aliphatic carbocycles. The normalized spacial score (nSPS) is 21.2. The van der Waals surface area contributed by atoms with Crippen LogP contribution in [-0.4, -0.2) is 67.1 Å². The van der Waals surface area contributed by atoms with Gasteiger partial charge in [0, 0.05) is 51.5 Å². The first kappa shape index (κ1) is 17.0. The van der Waals surface area contributed by atoms with Crippen molar-refractivity contribution in [3.63, 3.8) is 0 Å². The minimum atomic E-state index is 0.0604. The lowest BCUT2D eigenvalue weighted by molar-refractivity contribution is 0.174. The lowest BCUT2D eigenvalue weighted by Gasteiger charge is -2.28. The fraction of sp³-hybridized carbons (Fsp3) is 0.667. The van der Waals surface area contributed by atoms with E-state index in [1.807, 2.05) is 36.0 Å². The van der Waals surface area contributed by atoms with Gasteiger partial charge < -0.3 is 20.0 Å². The predicted octanol–water partition coefficient (Wildman–Crippen LogP) is 1.92. The molecule has 6 heteroatoms. The molecule has 3 rings (SSSR count). The number of nitrogens with one attached hydrogen (secondary N) is 1. The van der Waals surface area contributed by atoms with Gasteiger partial charge in [-0.15, -0.1) is 0 Å². The molecule has 0 aromatic carbocycles. The van der Waals surface area contributed by atoms with Crippen LogP contribution in [0.15, 0.2) is 18.3 Å². The summed E-state index contributed by atoms with van der Waals surface area (Å²) in [4.78, 5) is 23.6. The summed E-state index contributed by atoms with van der Waals surface area (Å²) in [6.45, 7) is 4.80. The van der Waals surface area contributed by atoms with Crippen LogP contribution in [0.5, 0.6) is 0 Å². The first-order valence-corrected chi connectivity index (χ1v) is 9.03. The predicted molar refractivity (Wildman–Crippen MR) is 96.2 cm³/mol. The van der Waals surface area contributed by atoms with Crippen LogP contribution in [0.2, 0.25) is 0 Å². The maximum atomic E-state index is 12.6. The molecule has 0 bridgehead atoms. The van der Waals surface area contributed by atoms with Crippen LogP contribution in [-0.2, 0) is 6.54 Å². The van der Waals surface area contributed by atoms with E-state index in [4.69, 9.17) is 0 Å². The Morgan fingerprint density at radius 3 is 2.83 bits per heavy atom. The van der Waals surface area contributed by atoms with Crippen molar-refractivity contribution in [3.05, 3.63) is 23.9 Å². The number of anilines is 1. The minimum Gasteiger partial charge on any atom is -0.362 e. The maximum absolute atomic E-state index is 12.6. The molecule has 2 aliphatic rings. The molecular formula is C18H29N5O. The van der Waals surface area contributed by atoms with Crippen LogP contribution in [0, 0.1) is 0 Å². The number of carbonyl (C=O) groups is 1. The number of amides is 2. The van der Waals surface area contributed by atoms with E-state index in [2.05, 4.69) is 15.2 Å². The van der Waals surface area contributed by atoms with Crippen molar-refractivity contribution in [1.82, 2.24) is 20.1 Å². The summed E-state index contributed by atoms with van der Waals surface area (Å²) < 4.78 is 0. The molecule has 3 heterocycles. The molecular weight excluding hydrogens is 302 g/mol. The third kappa shape index (κ3) is 3.98. The van der Waals surface area contributed by atoms with Gasteiger partial charge in [-0.05, 0) is 44.8 Å². The van der Waals surface area contributed by atoms with Crippen LogP contribution < -0.4 is 10.2 Å². The van der Waals surface area contributed by atoms with E-state index in [0.717, 1.165) is 37.3 Å². The van der Waals surface area contributed by atoms with Gasteiger partial charge in [-0.3, -0.25) is 0 Å². The Bertz CT molecular complexity index is 556. The summed E-state index contributed by atoms with van der Waals surface area (Å²) in [7, 11) is 3.94. The molecule has 1 aromatic heterocycles. The van der Waals surface area contributed by atoms with Gasteiger partial charge in [-0.2, -0.15) is 0 Å². The number of nitrogens with zero attached hydrogens (tertiary/aromatic N) is 4. The second-order valence-electron chi connectivity index (χ2n) is 7.04. The van der Waals surface area contributed by atoms with E-state index in [-0.39, 0.29) is 6.03 Å². The van der Waals surface area contributed by atoms with Gasteiger partial charge in [-0.1, -0.05) is 6.07 Å². The van der Waals surface area contributed by atoms with Gasteiger partial charge in [0.2, 0.25) is 0 Å². The number of pyridine rings is 1. The van der Waals surface area contributed by atoms with Crippen LogP contribution in [0.4, 0.5) is 10.6 Å². The summed E-state index contributed by atoms with van der Waals surface area (Å²) in [5.41, 5.74) is 1.05. The molecule has 1 aromatic rings. The molecule has 0 saturated carbocycles. The van der Waals surface area contributed by atoms with E-state index < -0.39 is 0 Å². The van der Waals surface area contributed by atoms with Gasteiger partial charge in [0.1, 0.15) is 5.82 Å². The lowest BCUT2D eigenvalue weighted by atomic mass is 10.2. The highest BCUT2D eigenvalue weighted by atomic mass is 16.2. The van der Waals surface area contributed by atoms with E-state index >= 15 is 0 Å². The molecule has 1 atom stereocenters. The van der Waals surface area contributed by atoms with Crippen molar-refractivity contribution in [2.24, 2.45) is 0 Å². The summed E-state index contributed by atoms with van der Waals surface area (Å²) in [6, 6.07) is 4.37. The number of hydrogen-bond acceptors (Lipinski definition) is 4. The number of rotatable bonds is 5. The Balaban J connectivity index is 1.56. The molecule has 2 aliphatic heterocycles. The molecule has 6 nitrogen and oxygen atoms in total. The number of carbonyl (C=O) groups excluding carboxylic acids is 1. The molecule has 24 heavy (non-hydrogen) atoms. The van der Waals surface area contributed by atoms with Gasteiger partial charge in [0.15, 0.2) is 0 Å². The Kier molecular flexibility index (Phi) is 5.56. The number of likely N-dealkylation sites (tertiary alicyclic amines) is 2. The summed E-state index contributed by atoms with van der Waals surface area (Å²) in [5, 5.41) is 3.09. The number of aromatic nitrogens is 1. The Morgan fingerprint density at radius 2 is 2.08 bits per heavy atom. The molecule has 2 fully saturated rings. The molecule has 2 saturated heterocycles. The fourth-order valence-corrected chi connectivity index (χ4v) is 3.80. The zero-order valence-corrected chi connectivity index (χ0v) is 14.9. The largest absolute Gasteiger partial charge is 0.362 e. The Labute approximate surface area is 144 Å². The van der Waals surface area contributed by atoms with E-state index in [1.54, 1.807) is 6.20 Å². The zero-order chi connectivity index (χ0) is 16.9. The SMILES string of the molecule is CN(C)c1ncccc1CNC(=O)N1CCC[C@@H]1CN1CCCC1. The highest BCUT2D eigenvalue weighted by Crippen LogP contribution is 2.21. The van der Waals surface area contributed by atoms with Crippen molar-refractivity contribution >= 4 is 11.8 Å². The van der Waals surface area contributed by atoms with Crippen LogP contribution in [0.25, 0.3) is 0 Å². The molecule has 1 N–H and O–H groups in total. The summed E-state index contributed by atoms with van der Waals surface area (Å²) in [6.07, 6.45) is 6.62. The quantitative estimate of drug-likeness (QED) is 0.896. The molecule has 132 valence electrons. The smallest absolute Gasteiger partial charge is 0.317 e. The molecule has 0 radical (unpaired) electrons. The van der Waals surface area contributed by atoms with Crippen molar-refractivity contribution in [2.45, 2.75) is 38.3 Å². The minimum absolute atomic E-state index is 0.0604. The standard InChI is InChI=1S/C18H29N5O/c1-21(2)17-15(7-5-9-19-17)13-20-18(24)23-12-6-8-16(23)14-22-10-3-4-11-22/h5,7,9,16H,3-4,6,8,10-14H2,1-2H3,(H,20,24)/t16-/m1/s1. The zero-order valence-electron chi connectivity index (χ0n) is 14.9. The molecule has 2 amide bonds. The van der Waals surface area contributed by atoms with E-state index in [0.29, 0.717) is 12.6 Å². The van der Waals surface area contributed by atoms with Crippen molar-refractivity contribution in [2.75, 3.05) is 45.2 Å². The highest BCUT2D eigenvalue weighted by molar-refractivity contribution is 5.75. The average Bonchev–Trinajstić information content (AvgIpc) is 3.25. The topological polar surface area (TPSA) is 51.7 Å². The van der Waals surface area contributed by atoms with E-state index in [1.165, 1.54) is 25.9 Å². The van der Waals surface area contributed by atoms with Gasteiger partial charge >= 0.3 is 6.03 Å². The van der Waals surface area contributed by atoms with Crippen LogP contribution in [0.3, 0.4) is 0 Å². The maximum Gasteiger partial charge on any atom is 0.317 e. The van der Waals surface area contributed by atoms with Crippen molar-refractivity contribution in [3.8, 4) is 0 Å². The average molecular weight is 331 g/mol. The lowest BCUT2D eigenvalue weighted by Crippen LogP contribution is -2.46. The monoisotopic (exact) mass is 331 g/mol. The molecule has 0 unspecified atom stereocenters. The van der Waals surface area contributed by atoms with E-state index in [9.17, 15) is 4.79 Å². The van der Waals surface area contributed by atoms with Crippen molar-refractivity contribution in [1.29, 1.82) is 0 Å². The third-order valence-electron chi connectivity index (χ3n) is 5.03. The number of hydrogen-bond donors (Lipinski definition) is 1. The summed E-state index contributed by atoms with van der Waals surface area (Å²) in [5.74, 6) is 0.910. The Hall–Kier alpha value is -1.82. The highest BCUT2D eigenvalue weighted by Gasteiger charge is 2.30.